The van der Waals surface area contributed by atoms with Gasteiger partial charge in [-0.2, -0.15) is 5.10 Å². The number of nitrogens with zero attached hydrogens (tertiary/aromatic N) is 2. The van der Waals surface area contributed by atoms with Crippen LogP contribution in [0.3, 0.4) is 0 Å². The second kappa shape index (κ2) is 5.10. The summed E-state index contributed by atoms with van der Waals surface area (Å²) in [5.41, 5.74) is -0.267. The monoisotopic (exact) mass is 250 g/mol. The molecule has 18 heavy (non-hydrogen) atoms. The van der Waals surface area contributed by atoms with Gasteiger partial charge in [-0.15, -0.1) is 0 Å². The van der Waals surface area contributed by atoms with Crippen molar-refractivity contribution in [1.29, 1.82) is 0 Å². The molecule has 0 saturated carbocycles. The van der Waals surface area contributed by atoms with Crippen LogP contribution < -0.4 is 10.6 Å². The maximum atomic E-state index is 12.4. The minimum atomic E-state index is -0.267. The Labute approximate surface area is 108 Å². The first-order chi connectivity index (χ1) is 8.53. The summed E-state index contributed by atoms with van der Waals surface area (Å²) in [6.07, 6.45) is 3.49. The standard InChI is InChI=1S/C13H22N4O/c1-10(2)17-11(4-7-15-17)16-12(18)13(3)5-8-14-9-6-13/h4,7,10,14H,5-6,8-9H2,1-3H3,(H,16,18). The zero-order valence-electron chi connectivity index (χ0n) is 11.4. The molecule has 2 heterocycles. The van der Waals surface area contributed by atoms with Crippen molar-refractivity contribution in [3.8, 4) is 0 Å². The molecule has 1 aliphatic rings. The van der Waals surface area contributed by atoms with Crippen LogP contribution in [0.4, 0.5) is 5.82 Å². The van der Waals surface area contributed by atoms with Crippen LogP contribution in [0.5, 0.6) is 0 Å². The van der Waals surface area contributed by atoms with Crippen molar-refractivity contribution < 1.29 is 4.79 Å². The molecule has 1 saturated heterocycles. The predicted molar refractivity (Wildman–Crippen MR) is 71.5 cm³/mol. The number of carbonyl (C=O) groups is 1. The van der Waals surface area contributed by atoms with E-state index in [0.29, 0.717) is 0 Å². The molecule has 0 aromatic carbocycles. The van der Waals surface area contributed by atoms with Crippen molar-refractivity contribution in [2.24, 2.45) is 5.41 Å². The van der Waals surface area contributed by atoms with Gasteiger partial charge in [-0.05, 0) is 39.8 Å². The van der Waals surface area contributed by atoms with Crippen LogP contribution in [0, 0.1) is 5.41 Å². The fourth-order valence-corrected chi connectivity index (χ4v) is 2.30. The van der Waals surface area contributed by atoms with Gasteiger partial charge >= 0.3 is 0 Å². The first kappa shape index (κ1) is 13.1. The molecule has 1 aromatic heterocycles. The summed E-state index contributed by atoms with van der Waals surface area (Å²) in [6.45, 7) is 7.96. The molecule has 5 heteroatoms. The lowest BCUT2D eigenvalue weighted by molar-refractivity contribution is -0.126. The third kappa shape index (κ3) is 2.56. The molecule has 1 aromatic rings. The highest BCUT2D eigenvalue weighted by atomic mass is 16.2. The van der Waals surface area contributed by atoms with Gasteiger partial charge in [0.2, 0.25) is 5.91 Å². The van der Waals surface area contributed by atoms with E-state index in [-0.39, 0.29) is 17.4 Å². The largest absolute Gasteiger partial charge is 0.317 e. The molecular formula is C13H22N4O. The predicted octanol–water partition coefficient (Wildman–Crippen LogP) is 1.79. The molecule has 0 aliphatic carbocycles. The van der Waals surface area contributed by atoms with Crippen molar-refractivity contribution in [3.05, 3.63) is 12.3 Å². The van der Waals surface area contributed by atoms with E-state index in [4.69, 9.17) is 0 Å². The molecule has 0 unspecified atom stereocenters. The van der Waals surface area contributed by atoms with Gasteiger partial charge < -0.3 is 10.6 Å². The van der Waals surface area contributed by atoms with E-state index < -0.39 is 0 Å². The minimum absolute atomic E-state index is 0.103. The number of nitrogens with one attached hydrogen (secondary N) is 2. The van der Waals surface area contributed by atoms with Crippen LogP contribution in [0.2, 0.25) is 0 Å². The van der Waals surface area contributed by atoms with E-state index in [1.165, 1.54) is 0 Å². The Kier molecular flexibility index (Phi) is 3.71. The third-order valence-corrected chi connectivity index (χ3v) is 3.66. The van der Waals surface area contributed by atoms with E-state index in [1.807, 2.05) is 17.7 Å². The number of amides is 1. The Morgan fingerprint density at radius 3 is 2.78 bits per heavy atom. The van der Waals surface area contributed by atoms with E-state index in [0.717, 1.165) is 31.7 Å². The molecule has 0 atom stereocenters. The lowest BCUT2D eigenvalue weighted by Gasteiger charge is -2.32. The Hall–Kier alpha value is -1.36. The SMILES string of the molecule is CC(C)n1nccc1NC(=O)C1(C)CCNCC1. The summed E-state index contributed by atoms with van der Waals surface area (Å²) in [5, 5.41) is 10.5. The number of piperidine rings is 1. The number of anilines is 1. The molecule has 1 amide bonds. The maximum Gasteiger partial charge on any atom is 0.231 e. The van der Waals surface area contributed by atoms with Gasteiger partial charge in [0.1, 0.15) is 5.82 Å². The third-order valence-electron chi connectivity index (χ3n) is 3.66. The van der Waals surface area contributed by atoms with Gasteiger partial charge in [-0.3, -0.25) is 4.79 Å². The Morgan fingerprint density at radius 1 is 1.50 bits per heavy atom. The molecule has 100 valence electrons. The number of hydrogen-bond donors (Lipinski definition) is 2. The van der Waals surface area contributed by atoms with Crippen LogP contribution in [0.1, 0.15) is 39.7 Å². The van der Waals surface area contributed by atoms with Gasteiger partial charge in [-0.25, -0.2) is 4.68 Å². The topological polar surface area (TPSA) is 59.0 Å². The van der Waals surface area contributed by atoms with Crippen molar-refractivity contribution >= 4 is 11.7 Å². The van der Waals surface area contributed by atoms with Crippen LogP contribution in [-0.4, -0.2) is 28.8 Å². The highest BCUT2D eigenvalue weighted by Gasteiger charge is 2.34. The van der Waals surface area contributed by atoms with Crippen LogP contribution in [0.25, 0.3) is 0 Å². The zero-order valence-corrected chi connectivity index (χ0v) is 11.4. The zero-order chi connectivity index (χ0) is 13.2. The van der Waals surface area contributed by atoms with Gasteiger partial charge in [0.25, 0.3) is 0 Å². The van der Waals surface area contributed by atoms with E-state index >= 15 is 0 Å². The molecule has 0 radical (unpaired) electrons. The summed E-state index contributed by atoms with van der Waals surface area (Å²) in [6, 6.07) is 2.10. The van der Waals surface area contributed by atoms with Crippen molar-refractivity contribution in [3.63, 3.8) is 0 Å². The molecule has 5 nitrogen and oxygen atoms in total. The molecule has 2 rings (SSSR count). The minimum Gasteiger partial charge on any atom is -0.317 e. The lowest BCUT2D eigenvalue weighted by Crippen LogP contribution is -2.43. The Balaban J connectivity index is 2.08. The summed E-state index contributed by atoms with van der Waals surface area (Å²) >= 11 is 0. The number of carbonyl (C=O) groups excluding carboxylic acids is 1. The second-order valence-electron chi connectivity index (χ2n) is 5.52. The summed E-state index contributed by atoms with van der Waals surface area (Å²) in [5.74, 6) is 0.890. The van der Waals surface area contributed by atoms with Gasteiger partial charge in [-0.1, -0.05) is 6.92 Å². The van der Waals surface area contributed by atoms with Gasteiger partial charge in [0, 0.05) is 17.5 Å². The fourth-order valence-electron chi connectivity index (χ4n) is 2.30. The number of hydrogen-bond acceptors (Lipinski definition) is 3. The fraction of sp³-hybridized carbons (Fsp3) is 0.692. The molecule has 2 N–H and O–H groups in total. The van der Waals surface area contributed by atoms with Crippen molar-refractivity contribution in [2.75, 3.05) is 18.4 Å². The van der Waals surface area contributed by atoms with Gasteiger partial charge in [0.05, 0.1) is 6.20 Å². The van der Waals surface area contributed by atoms with Crippen LogP contribution >= 0.6 is 0 Å². The van der Waals surface area contributed by atoms with Crippen molar-refractivity contribution in [2.45, 2.75) is 39.7 Å². The number of rotatable bonds is 3. The molecule has 0 bridgehead atoms. The average Bonchev–Trinajstić information content (AvgIpc) is 2.78. The highest BCUT2D eigenvalue weighted by molar-refractivity contribution is 5.94. The lowest BCUT2D eigenvalue weighted by atomic mass is 9.80. The Bertz CT molecular complexity index is 418. The average molecular weight is 250 g/mol. The summed E-state index contributed by atoms with van der Waals surface area (Å²) < 4.78 is 1.84. The molecule has 1 aliphatic heterocycles. The molecule has 0 spiro atoms. The van der Waals surface area contributed by atoms with Crippen LogP contribution in [0.15, 0.2) is 12.3 Å². The number of aromatic nitrogens is 2. The molecular weight excluding hydrogens is 228 g/mol. The first-order valence-electron chi connectivity index (χ1n) is 6.59. The second-order valence-corrected chi connectivity index (χ2v) is 5.52. The smallest absolute Gasteiger partial charge is 0.231 e. The van der Waals surface area contributed by atoms with Gasteiger partial charge in [0.15, 0.2) is 0 Å². The van der Waals surface area contributed by atoms with E-state index in [2.05, 4.69) is 29.6 Å². The van der Waals surface area contributed by atoms with E-state index in [9.17, 15) is 4.79 Å². The quantitative estimate of drug-likeness (QED) is 0.860. The normalized spacial score (nSPS) is 18.9. The summed E-state index contributed by atoms with van der Waals surface area (Å²) in [4.78, 5) is 12.4. The molecule has 1 fully saturated rings. The van der Waals surface area contributed by atoms with E-state index in [1.54, 1.807) is 6.20 Å². The van der Waals surface area contributed by atoms with Crippen LogP contribution in [-0.2, 0) is 4.79 Å². The van der Waals surface area contributed by atoms with Crippen molar-refractivity contribution in [1.82, 2.24) is 15.1 Å². The summed E-state index contributed by atoms with van der Waals surface area (Å²) in [7, 11) is 0. The highest BCUT2D eigenvalue weighted by Crippen LogP contribution is 2.29. The Morgan fingerprint density at radius 2 is 2.17 bits per heavy atom. The first-order valence-corrected chi connectivity index (χ1v) is 6.59. The maximum absolute atomic E-state index is 12.4.